The van der Waals surface area contributed by atoms with Gasteiger partial charge in [-0.3, -0.25) is 0 Å². The molecule has 1 aromatic carbocycles. The van der Waals surface area contributed by atoms with Crippen molar-refractivity contribution >= 4 is 18.7 Å². The van der Waals surface area contributed by atoms with Gasteiger partial charge in [0.1, 0.15) is 5.75 Å². The van der Waals surface area contributed by atoms with E-state index in [0.717, 1.165) is 17.1 Å². The van der Waals surface area contributed by atoms with Gasteiger partial charge in [0.05, 0.1) is 7.11 Å². The van der Waals surface area contributed by atoms with E-state index in [1.165, 1.54) is 0 Å². The first kappa shape index (κ1) is 9.20. The Hall–Kier alpha value is -0.890. The molecule has 1 rings (SSSR count). The molecule has 2 heteroatoms. The van der Waals surface area contributed by atoms with E-state index in [1.807, 2.05) is 36.4 Å². The zero-order chi connectivity index (χ0) is 8.81. The lowest BCUT2D eigenvalue weighted by Gasteiger charge is -1.99. The van der Waals surface area contributed by atoms with Gasteiger partial charge < -0.3 is 4.74 Å². The number of hydrogen-bond acceptors (Lipinski definition) is 2. The van der Waals surface area contributed by atoms with Crippen molar-refractivity contribution in [3.05, 3.63) is 35.9 Å². The molecule has 0 bridgehead atoms. The molecule has 0 unspecified atom stereocenters. The first-order chi connectivity index (χ1) is 5.86. The van der Waals surface area contributed by atoms with Crippen LogP contribution in [0.3, 0.4) is 0 Å². The molecule has 0 saturated carbocycles. The van der Waals surface area contributed by atoms with Crippen LogP contribution in [0.2, 0.25) is 0 Å². The Morgan fingerprint density at radius 2 is 2.33 bits per heavy atom. The second kappa shape index (κ2) is 4.88. The molecule has 1 aromatic rings. The third-order valence-electron chi connectivity index (χ3n) is 1.51. The van der Waals surface area contributed by atoms with Crippen LogP contribution < -0.4 is 4.74 Å². The van der Waals surface area contributed by atoms with Crippen molar-refractivity contribution in [3.8, 4) is 5.75 Å². The molecule has 0 saturated heterocycles. The molecule has 0 aliphatic heterocycles. The van der Waals surface area contributed by atoms with E-state index < -0.39 is 0 Å². The highest BCUT2D eigenvalue weighted by atomic mass is 32.1. The molecule has 0 aliphatic rings. The Balaban J connectivity index is 2.79. The SMILES string of the molecule is COc1cccc(C=CCS)c1. The molecule has 0 fully saturated rings. The van der Waals surface area contributed by atoms with Gasteiger partial charge in [0.2, 0.25) is 0 Å². The standard InChI is InChI=1S/C10H12OS/c1-11-10-6-2-4-9(8-10)5-3-7-12/h2-6,8,12H,7H2,1H3. The average molecular weight is 180 g/mol. The predicted octanol–water partition coefficient (Wildman–Crippen LogP) is 2.64. The van der Waals surface area contributed by atoms with Gasteiger partial charge in [0.15, 0.2) is 0 Å². The molecular formula is C10H12OS. The van der Waals surface area contributed by atoms with Crippen LogP contribution in [0.25, 0.3) is 6.08 Å². The van der Waals surface area contributed by atoms with Gasteiger partial charge in [-0.05, 0) is 17.7 Å². The highest BCUT2D eigenvalue weighted by Crippen LogP contribution is 2.13. The molecule has 1 nitrogen and oxygen atoms in total. The minimum atomic E-state index is 0.761. The first-order valence-corrected chi connectivity index (χ1v) is 4.41. The number of rotatable bonds is 3. The van der Waals surface area contributed by atoms with E-state index in [4.69, 9.17) is 4.74 Å². The quantitative estimate of drug-likeness (QED) is 0.703. The second-order valence-corrected chi connectivity index (χ2v) is 2.73. The summed E-state index contributed by atoms with van der Waals surface area (Å²) in [6.07, 6.45) is 4.02. The maximum Gasteiger partial charge on any atom is 0.119 e. The lowest BCUT2D eigenvalue weighted by molar-refractivity contribution is 0.414. The third-order valence-corrected chi connectivity index (χ3v) is 1.72. The summed E-state index contributed by atoms with van der Waals surface area (Å²) in [6.45, 7) is 0. The highest BCUT2D eigenvalue weighted by molar-refractivity contribution is 7.80. The van der Waals surface area contributed by atoms with E-state index in [1.54, 1.807) is 7.11 Å². The molecule has 12 heavy (non-hydrogen) atoms. The maximum absolute atomic E-state index is 5.08. The summed E-state index contributed by atoms with van der Waals surface area (Å²) in [5, 5.41) is 0. The summed E-state index contributed by atoms with van der Waals surface area (Å²) < 4.78 is 5.08. The molecule has 0 heterocycles. The van der Waals surface area contributed by atoms with E-state index in [2.05, 4.69) is 12.6 Å². The summed E-state index contributed by atoms with van der Waals surface area (Å²) >= 11 is 4.08. The number of methoxy groups -OCH3 is 1. The molecule has 0 atom stereocenters. The zero-order valence-electron chi connectivity index (χ0n) is 7.03. The Labute approximate surface area is 78.5 Å². The van der Waals surface area contributed by atoms with Gasteiger partial charge in [-0.15, -0.1) is 0 Å². The summed E-state index contributed by atoms with van der Waals surface area (Å²) in [6, 6.07) is 7.91. The number of thiol groups is 1. The summed E-state index contributed by atoms with van der Waals surface area (Å²) in [5.41, 5.74) is 1.14. The van der Waals surface area contributed by atoms with Gasteiger partial charge in [-0.25, -0.2) is 0 Å². The predicted molar refractivity (Wildman–Crippen MR) is 55.9 cm³/mol. The van der Waals surface area contributed by atoms with Gasteiger partial charge >= 0.3 is 0 Å². The summed E-state index contributed by atoms with van der Waals surface area (Å²) in [4.78, 5) is 0. The molecule has 0 aliphatic carbocycles. The van der Waals surface area contributed by atoms with Crippen LogP contribution in [0.4, 0.5) is 0 Å². The molecule has 0 radical (unpaired) electrons. The Kier molecular flexibility index (Phi) is 3.74. The average Bonchev–Trinajstić information content (AvgIpc) is 2.15. The minimum absolute atomic E-state index is 0.761. The van der Waals surface area contributed by atoms with Crippen molar-refractivity contribution in [1.29, 1.82) is 0 Å². The monoisotopic (exact) mass is 180 g/mol. The Bertz CT molecular complexity index is 268. The normalized spacial score (nSPS) is 10.5. The van der Waals surface area contributed by atoms with Crippen LogP contribution >= 0.6 is 12.6 Å². The molecule has 64 valence electrons. The molecule has 0 N–H and O–H groups in total. The fraction of sp³-hybridized carbons (Fsp3) is 0.200. The number of ether oxygens (including phenoxy) is 1. The van der Waals surface area contributed by atoms with E-state index in [0.29, 0.717) is 0 Å². The van der Waals surface area contributed by atoms with Crippen LogP contribution in [0.1, 0.15) is 5.56 Å². The minimum Gasteiger partial charge on any atom is -0.497 e. The number of benzene rings is 1. The Morgan fingerprint density at radius 1 is 1.50 bits per heavy atom. The highest BCUT2D eigenvalue weighted by Gasteiger charge is 1.89. The third kappa shape index (κ3) is 2.62. The topological polar surface area (TPSA) is 9.23 Å². The first-order valence-electron chi connectivity index (χ1n) is 3.78. The van der Waals surface area contributed by atoms with Crippen LogP contribution in [0.15, 0.2) is 30.3 Å². The van der Waals surface area contributed by atoms with E-state index in [-0.39, 0.29) is 0 Å². The van der Waals surface area contributed by atoms with Crippen molar-refractivity contribution in [3.63, 3.8) is 0 Å². The van der Waals surface area contributed by atoms with Crippen LogP contribution in [-0.4, -0.2) is 12.9 Å². The van der Waals surface area contributed by atoms with Gasteiger partial charge in [-0.1, -0.05) is 24.3 Å². The van der Waals surface area contributed by atoms with Crippen LogP contribution in [-0.2, 0) is 0 Å². The van der Waals surface area contributed by atoms with Crippen LogP contribution in [0, 0.1) is 0 Å². The lowest BCUT2D eigenvalue weighted by atomic mass is 10.2. The zero-order valence-corrected chi connectivity index (χ0v) is 7.92. The molecule has 0 amide bonds. The lowest BCUT2D eigenvalue weighted by Crippen LogP contribution is -1.82. The maximum atomic E-state index is 5.08. The summed E-state index contributed by atoms with van der Waals surface area (Å²) in [5.74, 6) is 1.65. The summed E-state index contributed by atoms with van der Waals surface area (Å²) in [7, 11) is 1.67. The van der Waals surface area contributed by atoms with Crippen molar-refractivity contribution in [1.82, 2.24) is 0 Å². The fourth-order valence-electron chi connectivity index (χ4n) is 0.934. The van der Waals surface area contributed by atoms with Crippen molar-refractivity contribution in [2.45, 2.75) is 0 Å². The fourth-order valence-corrected chi connectivity index (χ4v) is 1.04. The van der Waals surface area contributed by atoms with Gasteiger partial charge in [0, 0.05) is 5.75 Å². The van der Waals surface area contributed by atoms with Crippen molar-refractivity contribution < 1.29 is 4.74 Å². The van der Waals surface area contributed by atoms with Gasteiger partial charge in [0.25, 0.3) is 0 Å². The number of hydrogen-bond donors (Lipinski definition) is 1. The van der Waals surface area contributed by atoms with Crippen LogP contribution in [0.5, 0.6) is 5.75 Å². The Morgan fingerprint density at radius 3 is 3.00 bits per heavy atom. The molecule has 0 spiro atoms. The second-order valence-electron chi connectivity index (χ2n) is 2.36. The van der Waals surface area contributed by atoms with E-state index >= 15 is 0 Å². The largest absolute Gasteiger partial charge is 0.497 e. The van der Waals surface area contributed by atoms with Gasteiger partial charge in [-0.2, -0.15) is 12.6 Å². The van der Waals surface area contributed by atoms with Crippen molar-refractivity contribution in [2.24, 2.45) is 0 Å². The molecule has 0 aromatic heterocycles. The van der Waals surface area contributed by atoms with E-state index in [9.17, 15) is 0 Å². The molecular weight excluding hydrogens is 168 g/mol. The van der Waals surface area contributed by atoms with Crippen molar-refractivity contribution in [2.75, 3.05) is 12.9 Å². The smallest absolute Gasteiger partial charge is 0.119 e.